The van der Waals surface area contributed by atoms with Gasteiger partial charge in [-0.2, -0.15) is 0 Å². The van der Waals surface area contributed by atoms with E-state index in [1.807, 2.05) is 0 Å². The third-order valence-corrected chi connectivity index (χ3v) is 4.13. The van der Waals surface area contributed by atoms with Crippen LogP contribution in [-0.2, 0) is 4.74 Å². The van der Waals surface area contributed by atoms with Crippen LogP contribution in [0.3, 0.4) is 0 Å². The monoisotopic (exact) mass is 242 g/mol. The first-order chi connectivity index (χ1) is 8.22. The Hall–Kier alpha value is -0.160. The minimum absolute atomic E-state index is 0.0908. The molecule has 4 nitrogen and oxygen atoms in total. The van der Waals surface area contributed by atoms with E-state index < -0.39 is 0 Å². The predicted octanol–water partition coefficient (Wildman–Crippen LogP) is 0.586. The van der Waals surface area contributed by atoms with Crippen molar-refractivity contribution >= 4 is 0 Å². The lowest BCUT2D eigenvalue weighted by molar-refractivity contribution is -0.0159. The highest BCUT2D eigenvalue weighted by Gasteiger charge is 2.35. The summed E-state index contributed by atoms with van der Waals surface area (Å²) in [7, 11) is 2.06. The Bertz CT molecular complexity index is 227. The fourth-order valence-electron chi connectivity index (χ4n) is 2.76. The summed E-state index contributed by atoms with van der Waals surface area (Å²) in [5.74, 6) is 0.627. The van der Waals surface area contributed by atoms with Crippen molar-refractivity contribution in [2.24, 2.45) is 11.7 Å². The summed E-state index contributed by atoms with van der Waals surface area (Å²) in [6, 6.07) is 0.210. The van der Waals surface area contributed by atoms with Gasteiger partial charge < -0.3 is 15.6 Å². The number of aliphatic hydroxyl groups excluding tert-OH is 1. The lowest BCUT2D eigenvalue weighted by atomic mass is 10.0. The molecular formula is C13H26N2O2. The van der Waals surface area contributed by atoms with Crippen molar-refractivity contribution in [3.63, 3.8) is 0 Å². The van der Waals surface area contributed by atoms with Crippen molar-refractivity contribution in [1.82, 2.24) is 4.90 Å². The lowest BCUT2D eigenvalue weighted by Gasteiger charge is -2.35. The summed E-state index contributed by atoms with van der Waals surface area (Å²) in [5.41, 5.74) is 6.20. The van der Waals surface area contributed by atoms with Crippen LogP contribution in [0.25, 0.3) is 0 Å². The molecule has 0 bridgehead atoms. The van der Waals surface area contributed by atoms with E-state index in [2.05, 4.69) is 11.9 Å². The number of nitrogens with two attached hydrogens (primary N) is 1. The second kappa shape index (κ2) is 6.14. The molecule has 17 heavy (non-hydrogen) atoms. The van der Waals surface area contributed by atoms with Gasteiger partial charge in [0.2, 0.25) is 0 Å². The van der Waals surface area contributed by atoms with E-state index >= 15 is 0 Å². The first-order valence-electron chi connectivity index (χ1n) is 6.90. The summed E-state index contributed by atoms with van der Waals surface area (Å²) in [6.45, 7) is 1.93. The molecule has 2 fully saturated rings. The Kier molecular flexibility index (Phi) is 4.79. The van der Waals surface area contributed by atoms with Crippen LogP contribution in [0.5, 0.6) is 0 Å². The third kappa shape index (κ3) is 3.65. The maximum absolute atomic E-state index is 9.51. The van der Waals surface area contributed by atoms with Crippen molar-refractivity contribution in [3.05, 3.63) is 0 Å². The van der Waals surface area contributed by atoms with Gasteiger partial charge in [-0.25, -0.2) is 0 Å². The van der Waals surface area contributed by atoms with Crippen LogP contribution in [0, 0.1) is 5.92 Å². The van der Waals surface area contributed by atoms with Crippen molar-refractivity contribution < 1.29 is 9.84 Å². The van der Waals surface area contributed by atoms with Gasteiger partial charge in [-0.15, -0.1) is 0 Å². The van der Waals surface area contributed by atoms with E-state index in [1.165, 1.54) is 25.7 Å². The SMILES string of the molecule is CN(CC1CCCCO1)C(CO)C(N)C1CC1. The topological polar surface area (TPSA) is 58.7 Å². The molecule has 0 aromatic heterocycles. The maximum Gasteiger partial charge on any atom is 0.0702 e. The molecule has 4 heteroatoms. The second-order valence-corrected chi connectivity index (χ2v) is 5.59. The molecule has 0 amide bonds. The van der Waals surface area contributed by atoms with Gasteiger partial charge >= 0.3 is 0 Å². The van der Waals surface area contributed by atoms with Crippen LogP contribution in [0.4, 0.5) is 0 Å². The Balaban J connectivity index is 1.80. The van der Waals surface area contributed by atoms with Crippen LogP contribution in [0.15, 0.2) is 0 Å². The quantitative estimate of drug-likeness (QED) is 0.715. The Morgan fingerprint density at radius 2 is 2.12 bits per heavy atom. The van der Waals surface area contributed by atoms with Crippen LogP contribution < -0.4 is 5.73 Å². The third-order valence-electron chi connectivity index (χ3n) is 4.13. The molecule has 0 radical (unpaired) electrons. The minimum Gasteiger partial charge on any atom is -0.395 e. The largest absolute Gasteiger partial charge is 0.395 e. The molecule has 2 aliphatic rings. The molecule has 0 aromatic rings. The highest BCUT2D eigenvalue weighted by Crippen LogP contribution is 2.33. The first-order valence-corrected chi connectivity index (χ1v) is 6.90. The van der Waals surface area contributed by atoms with Gasteiger partial charge in [0.1, 0.15) is 0 Å². The van der Waals surface area contributed by atoms with Gasteiger partial charge in [-0.3, -0.25) is 4.90 Å². The van der Waals surface area contributed by atoms with Gasteiger partial charge in [-0.1, -0.05) is 0 Å². The molecule has 2 rings (SSSR count). The normalized spacial score (nSPS) is 29.3. The number of ether oxygens (including phenoxy) is 1. The number of hydrogen-bond donors (Lipinski definition) is 2. The first kappa shape index (κ1) is 13.3. The summed E-state index contributed by atoms with van der Waals surface area (Å²) in [6.07, 6.45) is 6.37. The van der Waals surface area contributed by atoms with Gasteiger partial charge in [0, 0.05) is 25.2 Å². The molecule has 3 unspecified atom stereocenters. The van der Waals surface area contributed by atoms with E-state index in [1.54, 1.807) is 0 Å². The fraction of sp³-hybridized carbons (Fsp3) is 1.00. The van der Waals surface area contributed by atoms with Crippen LogP contribution in [0.2, 0.25) is 0 Å². The van der Waals surface area contributed by atoms with Crippen molar-refractivity contribution in [2.75, 3.05) is 26.8 Å². The molecule has 1 saturated carbocycles. The van der Waals surface area contributed by atoms with E-state index in [4.69, 9.17) is 10.5 Å². The van der Waals surface area contributed by atoms with Crippen molar-refractivity contribution in [3.8, 4) is 0 Å². The number of hydrogen-bond acceptors (Lipinski definition) is 4. The van der Waals surface area contributed by atoms with Gasteiger partial charge in [0.15, 0.2) is 0 Å². The van der Waals surface area contributed by atoms with E-state index in [-0.39, 0.29) is 18.7 Å². The number of rotatable bonds is 6. The average Bonchev–Trinajstić information content (AvgIpc) is 3.15. The van der Waals surface area contributed by atoms with Gasteiger partial charge in [-0.05, 0) is 45.1 Å². The van der Waals surface area contributed by atoms with Crippen LogP contribution >= 0.6 is 0 Å². The van der Waals surface area contributed by atoms with Crippen LogP contribution in [-0.4, -0.2) is 55.0 Å². The van der Waals surface area contributed by atoms with Crippen molar-refractivity contribution in [2.45, 2.75) is 50.3 Å². The molecule has 100 valence electrons. The molecule has 3 N–H and O–H groups in total. The fourth-order valence-corrected chi connectivity index (χ4v) is 2.76. The number of nitrogens with zero attached hydrogens (tertiary/aromatic N) is 1. The summed E-state index contributed by atoms with van der Waals surface area (Å²) in [4.78, 5) is 2.19. The van der Waals surface area contributed by atoms with Gasteiger partial charge in [0.05, 0.1) is 12.7 Å². The average molecular weight is 242 g/mol. The van der Waals surface area contributed by atoms with Crippen molar-refractivity contribution in [1.29, 1.82) is 0 Å². The second-order valence-electron chi connectivity index (χ2n) is 5.59. The smallest absolute Gasteiger partial charge is 0.0702 e. The van der Waals surface area contributed by atoms with E-state index in [9.17, 15) is 5.11 Å². The predicted molar refractivity (Wildman–Crippen MR) is 67.8 cm³/mol. The molecular weight excluding hydrogens is 216 g/mol. The Labute approximate surface area is 104 Å². The van der Waals surface area contributed by atoms with E-state index in [0.717, 1.165) is 19.6 Å². The Morgan fingerprint density at radius 1 is 1.35 bits per heavy atom. The molecule has 1 aliphatic heterocycles. The zero-order valence-corrected chi connectivity index (χ0v) is 10.8. The zero-order chi connectivity index (χ0) is 12.3. The zero-order valence-electron chi connectivity index (χ0n) is 10.8. The maximum atomic E-state index is 9.51. The molecule has 1 saturated heterocycles. The minimum atomic E-state index is 0.0908. The molecule has 1 aliphatic carbocycles. The summed E-state index contributed by atoms with van der Waals surface area (Å²) < 4.78 is 5.73. The highest BCUT2D eigenvalue weighted by molar-refractivity contribution is 4.93. The lowest BCUT2D eigenvalue weighted by Crippen LogP contribution is -2.52. The summed E-state index contributed by atoms with van der Waals surface area (Å²) >= 11 is 0. The highest BCUT2D eigenvalue weighted by atomic mass is 16.5. The summed E-state index contributed by atoms with van der Waals surface area (Å²) in [5, 5.41) is 9.51. The molecule has 3 atom stereocenters. The number of aliphatic hydroxyl groups is 1. The molecule has 0 aromatic carbocycles. The number of likely N-dealkylation sites (N-methyl/N-ethyl adjacent to an activating group) is 1. The van der Waals surface area contributed by atoms with Gasteiger partial charge in [0.25, 0.3) is 0 Å². The van der Waals surface area contributed by atoms with Crippen LogP contribution in [0.1, 0.15) is 32.1 Å². The molecule has 1 heterocycles. The van der Waals surface area contributed by atoms with E-state index in [0.29, 0.717) is 12.0 Å². The molecule has 0 spiro atoms. The Morgan fingerprint density at radius 3 is 2.65 bits per heavy atom. The standard InChI is InChI=1S/C13H26N2O2/c1-15(8-11-4-2-3-7-17-11)12(9-16)13(14)10-5-6-10/h10-13,16H,2-9,14H2,1H3.